The van der Waals surface area contributed by atoms with E-state index in [9.17, 15) is 9.90 Å². The Balaban J connectivity index is 1.44. The molecule has 1 aliphatic rings. The van der Waals surface area contributed by atoms with Gasteiger partial charge in [-0.05, 0) is 31.9 Å². The third-order valence-electron chi connectivity index (χ3n) is 5.36. The fourth-order valence-corrected chi connectivity index (χ4v) is 4.01. The fraction of sp³-hybridized carbons (Fsp3) is 0.421. The predicted molar refractivity (Wildman–Crippen MR) is 97.8 cm³/mol. The number of aliphatic hydroxyl groups is 1. The van der Waals surface area contributed by atoms with E-state index in [2.05, 4.69) is 20.5 Å². The molecule has 1 fully saturated rings. The molecule has 26 heavy (non-hydrogen) atoms. The molecule has 0 radical (unpaired) electrons. The summed E-state index contributed by atoms with van der Waals surface area (Å²) in [7, 11) is 0. The van der Waals surface area contributed by atoms with E-state index in [0.717, 1.165) is 29.7 Å². The lowest BCUT2D eigenvalue weighted by molar-refractivity contribution is 0.0908. The Morgan fingerprint density at radius 2 is 2.23 bits per heavy atom. The van der Waals surface area contributed by atoms with E-state index in [4.69, 9.17) is 0 Å². The molecule has 3 aromatic rings. The Morgan fingerprint density at radius 1 is 1.38 bits per heavy atom. The lowest BCUT2D eigenvalue weighted by Gasteiger charge is -2.15. The number of benzene rings is 1. The van der Waals surface area contributed by atoms with E-state index in [0.29, 0.717) is 18.7 Å². The summed E-state index contributed by atoms with van der Waals surface area (Å²) in [4.78, 5) is 16.9. The van der Waals surface area contributed by atoms with Crippen LogP contribution >= 0.6 is 0 Å². The second-order valence-corrected chi connectivity index (χ2v) is 6.91. The van der Waals surface area contributed by atoms with E-state index in [-0.39, 0.29) is 17.7 Å². The van der Waals surface area contributed by atoms with Crippen LogP contribution < -0.4 is 5.32 Å². The summed E-state index contributed by atoms with van der Waals surface area (Å²) < 4.78 is 2.02. The quantitative estimate of drug-likeness (QED) is 0.654. The Morgan fingerprint density at radius 3 is 3.00 bits per heavy atom. The number of nitrogens with zero attached hydrogens (tertiary/aromatic N) is 3. The van der Waals surface area contributed by atoms with Gasteiger partial charge in [0, 0.05) is 35.8 Å². The van der Waals surface area contributed by atoms with Gasteiger partial charge in [-0.25, -0.2) is 4.98 Å². The second-order valence-electron chi connectivity index (χ2n) is 6.91. The van der Waals surface area contributed by atoms with Gasteiger partial charge in [-0.1, -0.05) is 18.2 Å². The van der Waals surface area contributed by atoms with Crippen LogP contribution in [0, 0.1) is 5.92 Å². The van der Waals surface area contributed by atoms with Crippen LogP contribution in [0.15, 0.2) is 36.7 Å². The molecule has 0 unspecified atom stereocenters. The number of aryl methyl sites for hydroxylation is 1. The zero-order valence-electron chi connectivity index (χ0n) is 14.7. The SMILES string of the molecule is CCn1c(C(=O)NC[C@@H]2C[C@@H](c3ncn[nH]3)C[C@@H]2O)cc2ccccc21. The second kappa shape index (κ2) is 6.92. The maximum Gasteiger partial charge on any atom is 0.267 e. The molecule has 7 heteroatoms. The smallest absolute Gasteiger partial charge is 0.267 e. The summed E-state index contributed by atoms with van der Waals surface area (Å²) in [5.74, 6) is 0.896. The molecule has 2 heterocycles. The maximum absolute atomic E-state index is 12.7. The summed E-state index contributed by atoms with van der Waals surface area (Å²) in [5, 5.41) is 21.2. The molecule has 7 nitrogen and oxygen atoms in total. The molecule has 1 aliphatic carbocycles. The number of hydrogen-bond acceptors (Lipinski definition) is 4. The first-order valence-corrected chi connectivity index (χ1v) is 9.07. The highest BCUT2D eigenvalue weighted by molar-refractivity contribution is 5.98. The van der Waals surface area contributed by atoms with Gasteiger partial charge in [0.2, 0.25) is 0 Å². The van der Waals surface area contributed by atoms with Crippen molar-refractivity contribution in [2.75, 3.05) is 6.54 Å². The first kappa shape index (κ1) is 16.8. The molecule has 2 aromatic heterocycles. The zero-order valence-corrected chi connectivity index (χ0v) is 14.7. The van der Waals surface area contributed by atoms with Crippen LogP contribution in [0.3, 0.4) is 0 Å². The van der Waals surface area contributed by atoms with E-state index in [1.807, 2.05) is 41.8 Å². The Bertz CT molecular complexity index is 902. The number of aliphatic hydroxyl groups excluding tert-OH is 1. The Labute approximate surface area is 151 Å². The van der Waals surface area contributed by atoms with Crippen LogP contribution in [-0.2, 0) is 6.54 Å². The number of amides is 1. The van der Waals surface area contributed by atoms with E-state index in [1.54, 1.807) is 0 Å². The molecule has 1 aromatic carbocycles. The minimum absolute atomic E-state index is 0.0218. The number of rotatable bonds is 5. The van der Waals surface area contributed by atoms with Crippen molar-refractivity contribution >= 4 is 16.8 Å². The van der Waals surface area contributed by atoms with Gasteiger partial charge in [-0.3, -0.25) is 9.89 Å². The predicted octanol–water partition coefficient (Wildman–Crippen LogP) is 2.06. The van der Waals surface area contributed by atoms with Gasteiger partial charge in [-0.15, -0.1) is 0 Å². The number of aromatic amines is 1. The largest absolute Gasteiger partial charge is 0.393 e. The van der Waals surface area contributed by atoms with Crippen molar-refractivity contribution in [2.45, 2.75) is 38.3 Å². The number of nitrogens with one attached hydrogen (secondary N) is 2. The highest BCUT2D eigenvalue weighted by Crippen LogP contribution is 2.36. The first-order valence-electron chi connectivity index (χ1n) is 9.07. The lowest BCUT2D eigenvalue weighted by Crippen LogP contribution is -2.33. The van der Waals surface area contributed by atoms with Gasteiger partial charge in [0.05, 0.1) is 6.10 Å². The molecule has 3 atom stereocenters. The van der Waals surface area contributed by atoms with Crippen molar-refractivity contribution in [1.82, 2.24) is 25.1 Å². The summed E-state index contributed by atoms with van der Waals surface area (Å²) in [6.07, 6.45) is 2.47. The van der Waals surface area contributed by atoms with Crippen molar-refractivity contribution in [3.63, 3.8) is 0 Å². The van der Waals surface area contributed by atoms with Crippen LogP contribution in [0.4, 0.5) is 0 Å². The van der Waals surface area contributed by atoms with Crippen LogP contribution in [0.1, 0.15) is 42.0 Å². The Kier molecular flexibility index (Phi) is 4.46. The lowest BCUT2D eigenvalue weighted by atomic mass is 10.0. The molecule has 1 amide bonds. The van der Waals surface area contributed by atoms with Gasteiger partial charge < -0.3 is 15.0 Å². The van der Waals surface area contributed by atoms with Crippen LogP contribution in [-0.4, -0.2) is 43.4 Å². The van der Waals surface area contributed by atoms with E-state index in [1.165, 1.54) is 6.33 Å². The van der Waals surface area contributed by atoms with Crippen molar-refractivity contribution in [3.8, 4) is 0 Å². The molecule has 0 bridgehead atoms. The number of carbonyl (C=O) groups is 1. The number of para-hydroxylation sites is 1. The van der Waals surface area contributed by atoms with Crippen molar-refractivity contribution in [2.24, 2.45) is 5.92 Å². The number of hydrogen-bond donors (Lipinski definition) is 3. The third-order valence-corrected chi connectivity index (χ3v) is 5.36. The molecule has 136 valence electrons. The summed E-state index contributed by atoms with van der Waals surface area (Å²) in [6.45, 7) is 3.22. The van der Waals surface area contributed by atoms with Crippen molar-refractivity contribution in [3.05, 3.63) is 48.2 Å². The molecule has 1 saturated carbocycles. The molecule has 3 N–H and O–H groups in total. The standard InChI is InChI=1S/C19H23N5O2/c1-2-24-15-6-4-3-5-12(15)8-16(24)19(26)20-10-14-7-13(9-17(14)25)18-21-11-22-23-18/h3-6,8,11,13-14,17,25H,2,7,9-10H2,1H3,(H,20,26)(H,21,22,23)/t13-,14+,17+/m1/s1. The minimum Gasteiger partial charge on any atom is -0.393 e. The number of aromatic nitrogens is 4. The van der Waals surface area contributed by atoms with Gasteiger partial charge >= 0.3 is 0 Å². The summed E-state index contributed by atoms with van der Waals surface area (Å²) >= 11 is 0. The van der Waals surface area contributed by atoms with Crippen LogP contribution in [0.25, 0.3) is 10.9 Å². The molecule has 4 rings (SSSR count). The number of carbonyl (C=O) groups excluding carboxylic acids is 1. The minimum atomic E-state index is -0.442. The third kappa shape index (κ3) is 2.99. The van der Waals surface area contributed by atoms with Gasteiger partial charge in [0.1, 0.15) is 17.8 Å². The average molecular weight is 353 g/mol. The molecule has 0 aliphatic heterocycles. The van der Waals surface area contributed by atoms with Gasteiger partial charge in [0.15, 0.2) is 0 Å². The maximum atomic E-state index is 12.7. The topological polar surface area (TPSA) is 95.8 Å². The Hall–Kier alpha value is -2.67. The highest BCUT2D eigenvalue weighted by atomic mass is 16.3. The van der Waals surface area contributed by atoms with Crippen LogP contribution in [0.2, 0.25) is 0 Å². The molecular formula is C19H23N5O2. The monoisotopic (exact) mass is 353 g/mol. The fourth-order valence-electron chi connectivity index (χ4n) is 4.01. The first-order chi connectivity index (χ1) is 12.7. The summed E-state index contributed by atoms with van der Waals surface area (Å²) in [6, 6.07) is 9.92. The van der Waals surface area contributed by atoms with E-state index < -0.39 is 6.10 Å². The number of H-pyrrole nitrogens is 1. The van der Waals surface area contributed by atoms with Gasteiger partial charge in [-0.2, -0.15) is 5.10 Å². The van der Waals surface area contributed by atoms with Crippen molar-refractivity contribution < 1.29 is 9.90 Å². The number of fused-ring (bicyclic) bond motifs is 1. The van der Waals surface area contributed by atoms with Crippen LogP contribution in [0.5, 0.6) is 0 Å². The van der Waals surface area contributed by atoms with Gasteiger partial charge in [0.25, 0.3) is 5.91 Å². The molecule has 0 spiro atoms. The molecular weight excluding hydrogens is 330 g/mol. The summed E-state index contributed by atoms with van der Waals surface area (Å²) in [5.41, 5.74) is 1.72. The zero-order chi connectivity index (χ0) is 18.1. The average Bonchev–Trinajstić information content (AvgIpc) is 3.37. The highest BCUT2D eigenvalue weighted by Gasteiger charge is 2.35. The van der Waals surface area contributed by atoms with Crippen molar-refractivity contribution in [1.29, 1.82) is 0 Å². The molecule has 0 saturated heterocycles. The van der Waals surface area contributed by atoms with E-state index >= 15 is 0 Å². The normalized spacial score (nSPS) is 22.8.